The van der Waals surface area contributed by atoms with Crippen molar-refractivity contribution in [2.24, 2.45) is 11.7 Å². The lowest BCUT2D eigenvalue weighted by molar-refractivity contribution is 0.184. The van der Waals surface area contributed by atoms with E-state index in [2.05, 4.69) is 18.0 Å². The van der Waals surface area contributed by atoms with Crippen LogP contribution < -0.4 is 15.2 Å². The number of hydrogen-bond donors (Lipinski definition) is 1. The molecule has 0 aromatic heterocycles. The molecular weight excluding hydrogens is 268 g/mol. The van der Waals surface area contributed by atoms with Gasteiger partial charge in [0.25, 0.3) is 0 Å². The van der Waals surface area contributed by atoms with Gasteiger partial charge >= 0.3 is 0 Å². The molecule has 0 amide bonds. The van der Waals surface area contributed by atoms with Crippen LogP contribution in [-0.2, 0) is 11.3 Å². The molecule has 1 heterocycles. The maximum atomic E-state index is 5.84. The maximum absolute atomic E-state index is 5.84. The second-order valence-corrected chi connectivity index (χ2v) is 5.65. The van der Waals surface area contributed by atoms with Crippen LogP contribution >= 0.6 is 0 Å². The van der Waals surface area contributed by atoms with E-state index in [1.54, 1.807) is 21.3 Å². The highest BCUT2D eigenvalue weighted by atomic mass is 16.5. The van der Waals surface area contributed by atoms with E-state index < -0.39 is 0 Å². The van der Waals surface area contributed by atoms with Gasteiger partial charge in [0.15, 0.2) is 11.5 Å². The summed E-state index contributed by atoms with van der Waals surface area (Å²) in [7, 11) is 7.18. The highest BCUT2D eigenvalue weighted by Gasteiger charge is 2.32. The Balaban J connectivity index is 2.42. The predicted octanol–water partition coefficient (Wildman–Crippen LogP) is 1.80. The molecule has 2 unspecified atom stereocenters. The minimum atomic E-state index is 0.305. The molecule has 0 bridgehead atoms. The molecule has 5 nitrogen and oxygen atoms in total. The van der Waals surface area contributed by atoms with Gasteiger partial charge in [0, 0.05) is 25.3 Å². The molecule has 1 aliphatic heterocycles. The molecule has 0 spiro atoms. The number of methoxy groups -OCH3 is 3. The largest absolute Gasteiger partial charge is 0.493 e. The van der Waals surface area contributed by atoms with Crippen LogP contribution in [0.3, 0.4) is 0 Å². The summed E-state index contributed by atoms with van der Waals surface area (Å²) in [5.41, 5.74) is 8.09. The number of ether oxygens (including phenoxy) is 3. The molecule has 0 radical (unpaired) electrons. The Morgan fingerprint density at radius 1 is 1.24 bits per heavy atom. The van der Waals surface area contributed by atoms with Gasteiger partial charge < -0.3 is 19.9 Å². The Kier molecular flexibility index (Phi) is 5.45. The van der Waals surface area contributed by atoms with Crippen LogP contribution in [0.1, 0.15) is 23.6 Å². The van der Waals surface area contributed by atoms with Crippen molar-refractivity contribution < 1.29 is 14.2 Å². The smallest absolute Gasteiger partial charge is 0.165 e. The van der Waals surface area contributed by atoms with Crippen molar-refractivity contribution in [2.45, 2.75) is 19.1 Å². The second kappa shape index (κ2) is 7.11. The first-order chi connectivity index (χ1) is 10.1. The highest BCUT2D eigenvalue weighted by molar-refractivity contribution is 5.51. The Morgan fingerprint density at radius 2 is 2.00 bits per heavy atom. The van der Waals surface area contributed by atoms with Gasteiger partial charge in [-0.15, -0.1) is 0 Å². The topological polar surface area (TPSA) is 57.0 Å². The lowest BCUT2D eigenvalue weighted by Gasteiger charge is -2.24. The molecule has 1 fully saturated rings. The quantitative estimate of drug-likeness (QED) is 0.867. The first kappa shape index (κ1) is 16.1. The van der Waals surface area contributed by atoms with Crippen molar-refractivity contribution in [3.8, 4) is 11.5 Å². The van der Waals surface area contributed by atoms with Gasteiger partial charge in [-0.1, -0.05) is 0 Å². The van der Waals surface area contributed by atoms with Gasteiger partial charge in [0.1, 0.15) is 0 Å². The van der Waals surface area contributed by atoms with E-state index in [1.807, 2.05) is 6.07 Å². The van der Waals surface area contributed by atoms with E-state index in [0.29, 0.717) is 18.6 Å². The summed E-state index contributed by atoms with van der Waals surface area (Å²) in [6, 6.07) is 4.44. The van der Waals surface area contributed by atoms with E-state index in [4.69, 9.17) is 19.9 Å². The normalized spacial score (nSPS) is 22.5. The van der Waals surface area contributed by atoms with Crippen molar-refractivity contribution in [3.63, 3.8) is 0 Å². The maximum Gasteiger partial charge on any atom is 0.165 e. The zero-order chi connectivity index (χ0) is 15.4. The summed E-state index contributed by atoms with van der Waals surface area (Å²) in [6.07, 6.45) is 1.04. The SMILES string of the molecule is COCc1cc(OC)c(OC)c(C2CC(CN)CN2C)c1. The molecule has 1 saturated heterocycles. The lowest BCUT2D eigenvalue weighted by atomic mass is 9.97. The van der Waals surface area contributed by atoms with E-state index in [9.17, 15) is 0 Å². The Morgan fingerprint density at radius 3 is 2.52 bits per heavy atom. The molecule has 5 heteroatoms. The molecule has 2 rings (SSSR count). The molecule has 1 aliphatic rings. The fourth-order valence-corrected chi connectivity index (χ4v) is 3.19. The van der Waals surface area contributed by atoms with Gasteiger partial charge in [0.2, 0.25) is 0 Å². The van der Waals surface area contributed by atoms with E-state index in [-0.39, 0.29) is 0 Å². The monoisotopic (exact) mass is 294 g/mol. The molecule has 0 aliphatic carbocycles. The average molecular weight is 294 g/mol. The highest BCUT2D eigenvalue weighted by Crippen LogP contribution is 2.43. The standard InChI is InChI=1S/C16H26N2O3/c1-18-9-12(8-17)6-14(18)13-5-11(10-19-2)7-15(20-3)16(13)21-4/h5,7,12,14H,6,8-10,17H2,1-4H3. The third kappa shape index (κ3) is 3.31. The minimum Gasteiger partial charge on any atom is -0.493 e. The van der Waals surface area contributed by atoms with Gasteiger partial charge in [-0.3, -0.25) is 4.90 Å². The van der Waals surface area contributed by atoms with Crippen LogP contribution in [0.5, 0.6) is 11.5 Å². The number of nitrogens with two attached hydrogens (primary N) is 1. The van der Waals surface area contributed by atoms with E-state index in [1.165, 1.54) is 0 Å². The number of nitrogens with zero attached hydrogens (tertiary/aromatic N) is 1. The lowest BCUT2D eigenvalue weighted by Crippen LogP contribution is -2.21. The molecule has 0 saturated carbocycles. The molecule has 118 valence electrons. The van der Waals surface area contributed by atoms with Gasteiger partial charge in [-0.2, -0.15) is 0 Å². The van der Waals surface area contributed by atoms with E-state index >= 15 is 0 Å². The first-order valence-corrected chi connectivity index (χ1v) is 7.28. The molecular formula is C16H26N2O3. The summed E-state index contributed by atoms with van der Waals surface area (Å²) in [5.74, 6) is 2.10. The van der Waals surface area contributed by atoms with Crippen molar-refractivity contribution in [1.29, 1.82) is 0 Å². The second-order valence-electron chi connectivity index (χ2n) is 5.65. The molecule has 1 aromatic rings. The van der Waals surface area contributed by atoms with Crippen molar-refractivity contribution in [3.05, 3.63) is 23.3 Å². The Hall–Kier alpha value is -1.30. The molecule has 2 atom stereocenters. The summed E-state index contributed by atoms with van der Waals surface area (Å²) < 4.78 is 16.4. The van der Waals surface area contributed by atoms with E-state index in [0.717, 1.165) is 42.1 Å². The van der Waals surface area contributed by atoms with Crippen LogP contribution in [0, 0.1) is 5.92 Å². The average Bonchev–Trinajstić information content (AvgIpc) is 2.87. The number of hydrogen-bond acceptors (Lipinski definition) is 5. The van der Waals surface area contributed by atoms with Crippen molar-refractivity contribution >= 4 is 0 Å². The predicted molar refractivity (Wildman–Crippen MR) is 82.8 cm³/mol. The number of benzene rings is 1. The minimum absolute atomic E-state index is 0.305. The first-order valence-electron chi connectivity index (χ1n) is 7.28. The summed E-state index contributed by atoms with van der Waals surface area (Å²) in [6.45, 7) is 2.29. The third-order valence-electron chi connectivity index (χ3n) is 4.21. The van der Waals surface area contributed by atoms with Gasteiger partial charge in [-0.05, 0) is 43.6 Å². The zero-order valence-electron chi connectivity index (χ0n) is 13.4. The van der Waals surface area contributed by atoms with Crippen LogP contribution in [0.25, 0.3) is 0 Å². The van der Waals surface area contributed by atoms with Gasteiger partial charge in [-0.25, -0.2) is 0 Å². The Bertz CT molecular complexity index is 479. The van der Waals surface area contributed by atoms with Crippen LogP contribution in [0.15, 0.2) is 12.1 Å². The molecule has 2 N–H and O–H groups in total. The van der Waals surface area contributed by atoms with Crippen LogP contribution in [0.2, 0.25) is 0 Å². The van der Waals surface area contributed by atoms with Crippen molar-refractivity contribution in [1.82, 2.24) is 4.90 Å². The third-order valence-corrected chi connectivity index (χ3v) is 4.21. The number of rotatable bonds is 6. The van der Waals surface area contributed by atoms with Gasteiger partial charge in [0.05, 0.1) is 20.8 Å². The fraction of sp³-hybridized carbons (Fsp3) is 0.625. The molecule has 21 heavy (non-hydrogen) atoms. The summed E-state index contributed by atoms with van der Waals surface area (Å²) in [5, 5.41) is 0. The Labute approximate surface area is 127 Å². The fourth-order valence-electron chi connectivity index (χ4n) is 3.19. The summed E-state index contributed by atoms with van der Waals surface area (Å²) in [4.78, 5) is 2.34. The molecule has 1 aromatic carbocycles. The van der Waals surface area contributed by atoms with Crippen LogP contribution in [0.4, 0.5) is 0 Å². The zero-order valence-corrected chi connectivity index (χ0v) is 13.4. The van der Waals surface area contributed by atoms with Crippen molar-refractivity contribution in [2.75, 3.05) is 41.5 Å². The number of likely N-dealkylation sites (tertiary alicyclic amines) is 1. The summed E-state index contributed by atoms with van der Waals surface area (Å²) >= 11 is 0. The van der Waals surface area contributed by atoms with Crippen LogP contribution in [-0.4, -0.2) is 46.4 Å².